The third kappa shape index (κ3) is 2.05. The van der Waals surface area contributed by atoms with Crippen LogP contribution in [0.25, 0.3) is 5.69 Å². The Hall–Kier alpha value is -1.28. The highest BCUT2D eigenvalue weighted by Crippen LogP contribution is 2.34. The first-order valence-electron chi connectivity index (χ1n) is 6.58. The molecule has 0 spiro atoms. The van der Waals surface area contributed by atoms with Gasteiger partial charge in [-0.2, -0.15) is 5.10 Å². The van der Waals surface area contributed by atoms with Crippen molar-refractivity contribution in [2.24, 2.45) is 0 Å². The molecule has 0 bridgehead atoms. The zero-order chi connectivity index (χ0) is 12.4. The fourth-order valence-corrected chi connectivity index (χ4v) is 3.14. The molecule has 94 valence electrons. The number of alkyl halides is 1. The van der Waals surface area contributed by atoms with E-state index in [1.165, 1.54) is 24.1 Å². The van der Waals surface area contributed by atoms with Crippen molar-refractivity contribution in [3.8, 4) is 5.69 Å². The molecule has 0 amide bonds. The Morgan fingerprint density at radius 2 is 2.11 bits per heavy atom. The quantitative estimate of drug-likeness (QED) is 0.765. The lowest BCUT2D eigenvalue weighted by atomic mass is 9.85. The van der Waals surface area contributed by atoms with E-state index in [4.69, 9.17) is 11.6 Å². The van der Waals surface area contributed by atoms with Crippen LogP contribution < -0.4 is 0 Å². The van der Waals surface area contributed by atoms with Gasteiger partial charge >= 0.3 is 0 Å². The van der Waals surface area contributed by atoms with Gasteiger partial charge in [-0.3, -0.25) is 0 Å². The summed E-state index contributed by atoms with van der Waals surface area (Å²) in [5.41, 5.74) is 3.94. The summed E-state index contributed by atoms with van der Waals surface area (Å²) in [5.74, 6) is 1.34. The van der Waals surface area contributed by atoms with Crippen molar-refractivity contribution in [1.82, 2.24) is 9.78 Å². The average Bonchev–Trinajstić information content (AvgIpc) is 2.85. The van der Waals surface area contributed by atoms with Crippen LogP contribution in [-0.4, -0.2) is 15.7 Å². The molecule has 0 radical (unpaired) electrons. The third-order valence-corrected chi connectivity index (χ3v) is 3.98. The Balaban J connectivity index is 2.00. The summed E-state index contributed by atoms with van der Waals surface area (Å²) in [6.07, 6.45) is 6.73. The number of para-hydroxylation sites is 1. The zero-order valence-electron chi connectivity index (χ0n) is 10.3. The van der Waals surface area contributed by atoms with E-state index in [1.54, 1.807) is 0 Å². The van der Waals surface area contributed by atoms with E-state index in [2.05, 4.69) is 34.0 Å². The van der Waals surface area contributed by atoms with Crippen molar-refractivity contribution in [3.05, 3.63) is 47.8 Å². The SMILES string of the molecule is ClCC[C@@H]1CCCc2c1cnn2-c1ccccc1. The lowest BCUT2D eigenvalue weighted by Gasteiger charge is -2.22. The first kappa shape index (κ1) is 11.8. The zero-order valence-corrected chi connectivity index (χ0v) is 11.1. The van der Waals surface area contributed by atoms with E-state index in [0.29, 0.717) is 5.92 Å². The number of nitrogens with zero attached hydrogens (tertiary/aromatic N) is 2. The summed E-state index contributed by atoms with van der Waals surface area (Å²) in [6, 6.07) is 10.4. The first-order chi connectivity index (χ1) is 8.90. The van der Waals surface area contributed by atoms with Gasteiger partial charge in [-0.1, -0.05) is 18.2 Å². The van der Waals surface area contributed by atoms with Gasteiger partial charge in [0, 0.05) is 11.6 Å². The second-order valence-electron chi connectivity index (χ2n) is 4.86. The molecule has 1 aromatic heterocycles. The Kier molecular flexibility index (Phi) is 3.37. The van der Waals surface area contributed by atoms with Gasteiger partial charge in [0.2, 0.25) is 0 Å². The van der Waals surface area contributed by atoms with Gasteiger partial charge in [0.1, 0.15) is 0 Å². The van der Waals surface area contributed by atoms with Crippen LogP contribution in [0.5, 0.6) is 0 Å². The Morgan fingerprint density at radius 1 is 1.28 bits per heavy atom. The molecule has 0 aliphatic heterocycles. The molecule has 2 nitrogen and oxygen atoms in total. The molecule has 2 aromatic rings. The van der Waals surface area contributed by atoms with E-state index in [9.17, 15) is 0 Å². The molecule has 0 unspecified atom stereocenters. The lowest BCUT2D eigenvalue weighted by Crippen LogP contribution is -2.12. The maximum absolute atomic E-state index is 5.90. The van der Waals surface area contributed by atoms with Crippen molar-refractivity contribution < 1.29 is 0 Å². The molecule has 3 heteroatoms. The highest BCUT2D eigenvalue weighted by atomic mass is 35.5. The fourth-order valence-electron chi connectivity index (χ4n) is 2.87. The third-order valence-electron chi connectivity index (χ3n) is 3.77. The van der Waals surface area contributed by atoms with Crippen molar-refractivity contribution >= 4 is 11.6 Å². The molecule has 1 heterocycles. The predicted molar refractivity (Wildman–Crippen MR) is 74.6 cm³/mol. The fraction of sp³-hybridized carbons (Fsp3) is 0.400. The number of rotatable bonds is 3. The molecular formula is C15H17ClN2. The average molecular weight is 261 g/mol. The van der Waals surface area contributed by atoms with Crippen LogP contribution in [0.15, 0.2) is 36.5 Å². The summed E-state index contributed by atoms with van der Waals surface area (Å²) < 4.78 is 2.09. The maximum Gasteiger partial charge on any atom is 0.0648 e. The first-order valence-corrected chi connectivity index (χ1v) is 7.12. The Bertz CT molecular complexity index is 519. The number of halogens is 1. The minimum atomic E-state index is 0.601. The van der Waals surface area contributed by atoms with Crippen molar-refractivity contribution in [1.29, 1.82) is 0 Å². The summed E-state index contributed by atoms with van der Waals surface area (Å²) >= 11 is 5.90. The monoisotopic (exact) mass is 260 g/mol. The van der Waals surface area contributed by atoms with Crippen molar-refractivity contribution in [3.63, 3.8) is 0 Å². The summed E-state index contributed by atoms with van der Waals surface area (Å²) in [5, 5.41) is 4.57. The van der Waals surface area contributed by atoms with Gasteiger partial charge in [-0.15, -0.1) is 11.6 Å². The minimum absolute atomic E-state index is 0.601. The van der Waals surface area contributed by atoms with Gasteiger partial charge < -0.3 is 0 Å². The Morgan fingerprint density at radius 3 is 2.89 bits per heavy atom. The molecule has 0 fully saturated rings. The largest absolute Gasteiger partial charge is 0.238 e. The molecule has 0 saturated heterocycles. The van der Waals surface area contributed by atoms with Crippen LogP contribution in [0.1, 0.15) is 36.4 Å². The van der Waals surface area contributed by atoms with Gasteiger partial charge in [0.05, 0.1) is 11.9 Å². The van der Waals surface area contributed by atoms with Crippen molar-refractivity contribution in [2.45, 2.75) is 31.6 Å². The van der Waals surface area contributed by atoms with Crippen LogP contribution in [-0.2, 0) is 6.42 Å². The van der Waals surface area contributed by atoms with Crippen LogP contribution >= 0.6 is 11.6 Å². The highest BCUT2D eigenvalue weighted by Gasteiger charge is 2.24. The van der Waals surface area contributed by atoms with E-state index in [-0.39, 0.29) is 0 Å². The van der Waals surface area contributed by atoms with E-state index in [1.807, 2.05) is 12.3 Å². The topological polar surface area (TPSA) is 17.8 Å². The second-order valence-corrected chi connectivity index (χ2v) is 5.24. The summed E-state index contributed by atoms with van der Waals surface area (Å²) in [6.45, 7) is 0. The lowest BCUT2D eigenvalue weighted by molar-refractivity contribution is 0.532. The van der Waals surface area contributed by atoms with Gasteiger partial charge in [0.15, 0.2) is 0 Å². The van der Waals surface area contributed by atoms with Crippen LogP contribution in [0, 0.1) is 0 Å². The van der Waals surface area contributed by atoms with Crippen LogP contribution in [0.3, 0.4) is 0 Å². The van der Waals surface area contributed by atoms with E-state index in [0.717, 1.165) is 24.4 Å². The highest BCUT2D eigenvalue weighted by molar-refractivity contribution is 6.17. The molecule has 1 aliphatic rings. The standard InChI is InChI=1S/C15H17ClN2/c16-10-9-12-5-4-8-15-14(12)11-17-18(15)13-6-2-1-3-7-13/h1-3,6-7,11-12H,4-5,8-10H2/t12-/m0/s1. The minimum Gasteiger partial charge on any atom is -0.238 e. The molecule has 0 N–H and O–H groups in total. The van der Waals surface area contributed by atoms with Crippen LogP contribution in [0.4, 0.5) is 0 Å². The number of hydrogen-bond donors (Lipinski definition) is 0. The van der Waals surface area contributed by atoms with E-state index >= 15 is 0 Å². The van der Waals surface area contributed by atoms with Gasteiger partial charge in [-0.05, 0) is 49.3 Å². The number of hydrogen-bond acceptors (Lipinski definition) is 1. The molecule has 1 aliphatic carbocycles. The van der Waals surface area contributed by atoms with E-state index < -0.39 is 0 Å². The molecule has 18 heavy (non-hydrogen) atoms. The Labute approximate surface area is 113 Å². The number of aromatic nitrogens is 2. The number of fused-ring (bicyclic) bond motifs is 1. The normalized spacial score (nSPS) is 18.6. The maximum atomic E-state index is 5.90. The van der Waals surface area contributed by atoms with Gasteiger partial charge in [0.25, 0.3) is 0 Å². The second kappa shape index (κ2) is 5.15. The molecular weight excluding hydrogens is 244 g/mol. The number of benzene rings is 1. The molecule has 3 rings (SSSR count). The van der Waals surface area contributed by atoms with Crippen LogP contribution in [0.2, 0.25) is 0 Å². The summed E-state index contributed by atoms with van der Waals surface area (Å²) in [4.78, 5) is 0. The molecule has 0 saturated carbocycles. The van der Waals surface area contributed by atoms with Crippen molar-refractivity contribution in [2.75, 3.05) is 5.88 Å². The predicted octanol–water partition coefficient (Wildman–Crippen LogP) is 3.92. The molecule has 1 aromatic carbocycles. The summed E-state index contributed by atoms with van der Waals surface area (Å²) in [7, 11) is 0. The smallest absolute Gasteiger partial charge is 0.0648 e. The molecule has 1 atom stereocenters. The van der Waals surface area contributed by atoms with Gasteiger partial charge in [-0.25, -0.2) is 4.68 Å².